The van der Waals surface area contributed by atoms with E-state index in [2.05, 4.69) is 17.0 Å². The summed E-state index contributed by atoms with van der Waals surface area (Å²) in [5.74, 6) is 0.830. The molecule has 0 radical (unpaired) electrons. The molecule has 0 aliphatic carbocycles. The molecule has 1 aromatic heterocycles. The van der Waals surface area contributed by atoms with Gasteiger partial charge in [-0.05, 0) is 31.5 Å². The third-order valence-corrected chi connectivity index (χ3v) is 4.94. The van der Waals surface area contributed by atoms with Crippen molar-refractivity contribution in [2.24, 2.45) is 0 Å². The van der Waals surface area contributed by atoms with E-state index in [1.165, 1.54) is 5.56 Å². The predicted molar refractivity (Wildman–Crippen MR) is 99.6 cm³/mol. The Bertz CT molecular complexity index is 777. The van der Waals surface area contributed by atoms with Gasteiger partial charge in [0.1, 0.15) is 5.56 Å². The monoisotopic (exact) mass is 361 g/mol. The topological polar surface area (TPSA) is 49.6 Å². The number of benzene rings is 1. The minimum absolute atomic E-state index is 0.0184. The Kier molecular flexibility index (Phi) is 5.04. The van der Waals surface area contributed by atoms with Gasteiger partial charge >= 0.3 is 0 Å². The molecule has 1 amide bonds. The minimum atomic E-state index is 0.0184. The van der Waals surface area contributed by atoms with Crippen molar-refractivity contribution in [3.63, 3.8) is 0 Å². The molecule has 3 rings (SSSR count). The van der Waals surface area contributed by atoms with Gasteiger partial charge in [0.2, 0.25) is 0 Å². The highest BCUT2D eigenvalue weighted by molar-refractivity contribution is 6.30. The van der Waals surface area contributed by atoms with Crippen molar-refractivity contribution in [3.8, 4) is 0 Å². The molecular formula is C19H24ClN3O2. The lowest BCUT2D eigenvalue weighted by Gasteiger charge is -2.37. The zero-order chi connectivity index (χ0) is 18.1. The van der Waals surface area contributed by atoms with E-state index >= 15 is 0 Å². The van der Waals surface area contributed by atoms with E-state index in [9.17, 15) is 4.79 Å². The molecule has 1 fully saturated rings. The molecule has 1 aliphatic rings. The lowest BCUT2D eigenvalue weighted by atomic mass is 10.0. The number of hydrogen-bond donors (Lipinski definition) is 0. The van der Waals surface area contributed by atoms with E-state index in [0.29, 0.717) is 30.1 Å². The van der Waals surface area contributed by atoms with E-state index in [1.54, 1.807) is 0 Å². The summed E-state index contributed by atoms with van der Waals surface area (Å²) in [6.45, 7) is 10.8. The number of aryl methyl sites for hydroxylation is 2. The van der Waals surface area contributed by atoms with Crippen LogP contribution < -0.4 is 4.90 Å². The molecule has 134 valence electrons. The Balaban J connectivity index is 1.73. The van der Waals surface area contributed by atoms with Crippen molar-refractivity contribution >= 4 is 23.2 Å². The predicted octanol–water partition coefficient (Wildman–Crippen LogP) is 4.03. The molecular weight excluding hydrogens is 338 g/mol. The minimum Gasteiger partial charge on any atom is -0.368 e. The zero-order valence-electron chi connectivity index (χ0n) is 15.2. The van der Waals surface area contributed by atoms with E-state index in [1.807, 2.05) is 43.9 Å². The molecule has 0 atom stereocenters. The molecule has 25 heavy (non-hydrogen) atoms. The first-order chi connectivity index (χ1) is 11.9. The number of nitrogens with zero attached hydrogens (tertiary/aromatic N) is 3. The molecule has 1 aliphatic heterocycles. The molecule has 0 saturated carbocycles. The van der Waals surface area contributed by atoms with Crippen molar-refractivity contribution in [2.45, 2.75) is 33.6 Å². The number of carbonyl (C=O) groups is 1. The van der Waals surface area contributed by atoms with Gasteiger partial charge < -0.3 is 14.3 Å². The SMILES string of the molecule is Cc1ccc(Cl)cc1N1CCN(C(=O)c2c(C)noc2C(C)C)CC1. The Hall–Kier alpha value is -2.01. The van der Waals surface area contributed by atoms with Gasteiger partial charge in [-0.2, -0.15) is 0 Å². The van der Waals surface area contributed by atoms with Crippen LogP contribution in [0.4, 0.5) is 5.69 Å². The molecule has 1 saturated heterocycles. The molecule has 0 bridgehead atoms. The third-order valence-electron chi connectivity index (χ3n) is 4.71. The normalized spacial score (nSPS) is 15.1. The van der Waals surface area contributed by atoms with E-state index in [-0.39, 0.29) is 11.8 Å². The second kappa shape index (κ2) is 7.08. The third kappa shape index (κ3) is 3.52. The fourth-order valence-corrected chi connectivity index (χ4v) is 3.44. The maximum Gasteiger partial charge on any atom is 0.259 e. The van der Waals surface area contributed by atoms with Gasteiger partial charge in [0.15, 0.2) is 5.76 Å². The van der Waals surface area contributed by atoms with E-state index in [4.69, 9.17) is 16.1 Å². The average molecular weight is 362 g/mol. The van der Waals surface area contributed by atoms with Crippen LogP contribution in [0.1, 0.15) is 47.1 Å². The molecule has 5 nitrogen and oxygen atoms in total. The Morgan fingerprint density at radius 3 is 2.52 bits per heavy atom. The number of carbonyl (C=O) groups excluding carboxylic acids is 1. The summed E-state index contributed by atoms with van der Waals surface area (Å²) in [5, 5.41) is 4.73. The molecule has 0 spiro atoms. The van der Waals surface area contributed by atoms with Crippen LogP contribution in [0.3, 0.4) is 0 Å². The second-order valence-corrected chi connectivity index (χ2v) is 7.31. The highest BCUT2D eigenvalue weighted by Gasteiger charge is 2.29. The summed E-state index contributed by atoms with van der Waals surface area (Å²) in [6, 6.07) is 5.93. The number of rotatable bonds is 3. The number of aromatic nitrogens is 1. The maximum absolute atomic E-state index is 13.0. The van der Waals surface area contributed by atoms with Crippen LogP contribution in [-0.4, -0.2) is 42.1 Å². The fraction of sp³-hybridized carbons (Fsp3) is 0.474. The Morgan fingerprint density at radius 2 is 1.88 bits per heavy atom. The van der Waals surface area contributed by atoms with Gasteiger partial charge in [-0.3, -0.25) is 4.79 Å². The van der Waals surface area contributed by atoms with Crippen molar-refractivity contribution in [3.05, 3.63) is 45.8 Å². The smallest absolute Gasteiger partial charge is 0.259 e. The lowest BCUT2D eigenvalue weighted by Crippen LogP contribution is -2.49. The zero-order valence-corrected chi connectivity index (χ0v) is 15.9. The first-order valence-corrected chi connectivity index (χ1v) is 9.02. The molecule has 2 aromatic rings. The van der Waals surface area contributed by atoms with Crippen LogP contribution in [0.2, 0.25) is 5.02 Å². The van der Waals surface area contributed by atoms with Crippen molar-refractivity contribution in [1.29, 1.82) is 0 Å². The lowest BCUT2D eigenvalue weighted by molar-refractivity contribution is 0.0743. The summed E-state index contributed by atoms with van der Waals surface area (Å²) < 4.78 is 5.37. The average Bonchev–Trinajstić information content (AvgIpc) is 2.98. The summed E-state index contributed by atoms with van der Waals surface area (Å²) in [4.78, 5) is 17.1. The van der Waals surface area contributed by atoms with Crippen LogP contribution in [0.5, 0.6) is 0 Å². The Morgan fingerprint density at radius 1 is 1.20 bits per heavy atom. The Labute approximate surface area is 153 Å². The molecule has 0 N–H and O–H groups in total. The first kappa shape index (κ1) is 17.8. The summed E-state index contributed by atoms with van der Waals surface area (Å²) >= 11 is 6.14. The van der Waals surface area contributed by atoms with Crippen molar-refractivity contribution < 1.29 is 9.32 Å². The summed E-state index contributed by atoms with van der Waals surface area (Å²) in [7, 11) is 0. The van der Waals surface area contributed by atoms with Crippen LogP contribution in [0, 0.1) is 13.8 Å². The maximum atomic E-state index is 13.0. The highest BCUT2D eigenvalue weighted by atomic mass is 35.5. The van der Waals surface area contributed by atoms with Crippen LogP contribution in [-0.2, 0) is 0 Å². The van der Waals surface area contributed by atoms with Crippen molar-refractivity contribution in [1.82, 2.24) is 10.1 Å². The second-order valence-electron chi connectivity index (χ2n) is 6.87. The number of hydrogen-bond acceptors (Lipinski definition) is 4. The quantitative estimate of drug-likeness (QED) is 0.828. The van der Waals surface area contributed by atoms with Gasteiger partial charge in [0.25, 0.3) is 5.91 Å². The summed E-state index contributed by atoms with van der Waals surface area (Å²) in [6.07, 6.45) is 0. The van der Waals surface area contributed by atoms with Gasteiger partial charge in [-0.25, -0.2) is 0 Å². The number of piperazine rings is 1. The molecule has 6 heteroatoms. The van der Waals surface area contributed by atoms with E-state index in [0.717, 1.165) is 23.8 Å². The number of anilines is 1. The van der Waals surface area contributed by atoms with Gasteiger partial charge in [0.05, 0.1) is 5.69 Å². The van der Waals surface area contributed by atoms with Gasteiger partial charge in [-0.15, -0.1) is 0 Å². The largest absolute Gasteiger partial charge is 0.368 e. The molecule has 0 unspecified atom stereocenters. The highest BCUT2D eigenvalue weighted by Crippen LogP contribution is 2.27. The molecule has 2 heterocycles. The standard InChI is InChI=1S/C19H24ClN3O2/c1-12(2)18-17(14(4)21-25-18)19(24)23-9-7-22(8-10-23)16-11-15(20)6-5-13(16)3/h5-6,11-12H,7-10H2,1-4H3. The van der Waals surface area contributed by atoms with Crippen LogP contribution >= 0.6 is 11.6 Å². The van der Waals surface area contributed by atoms with Crippen molar-refractivity contribution in [2.75, 3.05) is 31.1 Å². The van der Waals surface area contributed by atoms with Crippen LogP contribution in [0.25, 0.3) is 0 Å². The number of amides is 1. The summed E-state index contributed by atoms with van der Waals surface area (Å²) in [5.41, 5.74) is 3.63. The van der Waals surface area contributed by atoms with Gasteiger partial charge in [0, 0.05) is 42.8 Å². The molecule has 1 aromatic carbocycles. The first-order valence-electron chi connectivity index (χ1n) is 8.65. The van der Waals surface area contributed by atoms with Crippen LogP contribution in [0.15, 0.2) is 22.7 Å². The fourth-order valence-electron chi connectivity index (χ4n) is 3.27. The number of halogens is 1. The van der Waals surface area contributed by atoms with Gasteiger partial charge in [-0.1, -0.05) is 36.7 Å². The van der Waals surface area contributed by atoms with E-state index < -0.39 is 0 Å².